The highest BCUT2D eigenvalue weighted by Crippen LogP contribution is 2.23. The normalized spacial score (nSPS) is 25.1. The van der Waals surface area contributed by atoms with Crippen molar-refractivity contribution in [1.82, 2.24) is 20.0 Å². The predicted molar refractivity (Wildman–Crippen MR) is 124 cm³/mol. The third kappa shape index (κ3) is 6.17. The smallest absolute Gasteiger partial charge is 0.193 e. The summed E-state index contributed by atoms with van der Waals surface area (Å²) in [5.74, 6) is 1.54. The fourth-order valence-electron chi connectivity index (χ4n) is 3.79. The van der Waals surface area contributed by atoms with Crippen molar-refractivity contribution in [2.75, 3.05) is 65.7 Å². The van der Waals surface area contributed by atoms with Gasteiger partial charge in [-0.1, -0.05) is 13.8 Å². The quantitative estimate of drug-likeness (QED) is 0.342. The fourth-order valence-corrected chi connectivity index (χ4v) is 5.16. The Balaban J connectivity index is 0.00000364. The lowest BCUT2D eigenvalue weighted by Crippen LogP contribution is -2.59. The van der Waals surface area contributed by atoms with Crippen molar-refractivity contribution in [3.8, 4) is 0 Å². The van der Waals surface area contributed by atoms with E-state index in [0.717, 1.165) is 38.7 Å². The molecule has 2 heterocycles. The minimum Gasteiger partial charge on any atom is -0.355 e. The van der Waals surface area contributed by atoms with Gasteiger partial charge in [0, 0.05) is 58.9 Å². The van der Waals surface area contributed by atoms with Crippen molar-refractivity contribution in [3.05, 3.63) is 0 Å². The van der Waals surface area contributed by atoms with Gasteiger partial charge in [-0.3, -0.25) is 9.89 Å². The number of sulfone groups is 1. The van der Waals surface area contributed by atoms with Gasteiger partial charge in [0.25, 0.3) is 0 Å². The van der Waals surface area contributed by atoms with Gasteiger partial charge in [0.15, 0.2) is 15.8 Å². The zero-order chi connectivity index (χ0) is 19.5. The first-order valence-corrected chi connectivity index (χ1v) is 11.3. The second-order valence-corrected chi connectivity index (χ2v) is 11.3. The van der Waals surface area contributed by atoms with Gasteiger partial charge in [-0.05, 0) is 26.8 Å². The van der Waals surface area contributed by atoms with E-state index in [4.69, 9.17) is 0 Å². The first-order valence-electron chi connectivity index (χ1n) is 9.68. The van der Waals surface area contributed by atoms with E-state index in [1.165, 1.54) is 0 Å². The van der Waals surface area contributed by atoms with Crippen LogP contribution in [0, 0.1) is 5.92 Å². The van der Waals surface area contributed by atoms with Crippen molar-refractivity contribution in [1.29, 1.82) is 0 Å². The molecule has 7 nitrogen and oxygen atoms in total. The van der Waals surface area contributed by atoms with Gasteiger partial charge in [-0.25, -0.2) is 8.42 Å². The molecule has 2 aliphatic rings. The SMILES string of the molecule is CN=C(NCC(C(C)C)N1CCN(C)CC1)N1CCS(=O)(=O)C(C)(C)C1.I. The molecule has 0 saturated carbocycles. The lowest BCUT2D eigenvalue weighted by molar-refractivity contribution is 0.0896. The van der Waals surface area contributed by atoms with Crippen LogP contribution in [0.1, 0.15) is 27.7 Å². The summed E-state index contributed by atoms with van der Waals surface area (Å²) < 4.78 is 23.8. The van der Waals surface area contributed by atoms with Crippen LogP contribution in [0.5, 0.6) is 0 Å². The molecule has 27 heavy (non-hydrogen) atoms. The number of guanidine groups is 1. The van der Waals surface area contributed by atoms with Crippen molar-refractivity contribution < 1.29 is 8.42 Å². The van der Waals surface area contributed by atoms with Crippen LogP contribution in [0.3, 0.4) is 0 Å². The highest BCUT2D eigenvalue weighted by molar-refractivity contribution is 14.0. The van der Waals surface area contributed by atoms with Crippen LogP contribution in [0.15, 0.2) is 4.99 Å². The molecule has 0 aliphatic carbocycles. The maximum absolute atomic E-state index is 12.3. The Morgan fingerprint density at radius 1 is 1.15 bits per heavy atom. The molecule has 0 aromatic heterocycles. The van der Waals surface area contributed by atoms with Crippen molar-refractivity contribution >= 4 is 39.8 Å². The summed E-state index contributed by atoms with van der Waals surface area (Å²) >= 11 is 0. The van der Waals surface area contributed by atoms with Gasteiger partial charge in [0.2, 0.25) is 0 Å². The topological polar surface area (TPSA) is 68.2 Å². The second-order valence-electron chi connectivity index (χ2n) is 8.58. The lowest BCUT2D eigenvalue weighted by Gasteiger charge is -2.42. The molecule has 0 aromatic rings. The van der Waals surface area contributed by atoms with Gasteiger partial charge in [0.05, 0.1) is 10.5 Å². The lowest BCUT2D eigenvalue weighted by atomic mass is 10.0. The monoisotopic (exact) mass is 515 g/mol. The first kappa shape index (κ1) is 24.9. The molecule has 0 bridgehead atoms. The van der Waals surface area contributed by atoms with E-state index in [2.05, 4.69) is 45.9 Å². The first-order chi connectivity index (χ1) is 12.1. The van der Waals surface area contributed by atoms with Crippen LogP contribution in [0.4, 0.5) is 0 Å². The molecule has 2 saturated heterocycles. The molecule has 1 unspecified atom stereocenters. The van der Waals surface area contributed by atoms with E-state index in [1.807, 2.05) is 13.8 Å². The highest BCUT2D eigenvalue weighted by Gasteiger charge is 2.41. The summed E-state index contributed by atoms with van der Waals surface area (Å²) in [6.45, 7) is 14.4. The average Bonchev–Trinajstić information content (AvgIpc) is 2.55. The van der Waals surface area contributed by atoms with Crippen LogP contribution >= 0.6 is 24.0 Å². The number of hydrogen-bond acceptors (Lipinski definition) is 5. The van der Waals surface area contributed by atoms with Crippen LogP contribution in [0.2, 0.25) is 0 Å². The molecule has 2 rings (SSSR count). The summed E-state index contributed by atoms with van der Waals surface area (Å²) in [7, 11) is 0.911. The Kier molecular flexibility index (Phi) is 9.29. The molecule has 0 amide bonds. The largest absolute Gasteiger partial charge is 0.355 e. The Labute approximate surface area is 182 Å². The van der Waals surface area contributed by atoms with Gasteiger partial charge in [-0.15, -0.1) is 24.0 Å². The number of rotatable bonds is 4. The molecule has 160 valence electrons. The van der Waals surface area contributed by atoms with E-state index in [0.29, 0.717) is 25.0 Å². The molecular formula is C18H38IN5O2S. The van der Waals surface area contributed by atoms with Gasteiger partial charge in [0.1, 0.15) is 0 Å². The van der Waals surface area contributed by atoms with E-state index in [9.17, 15) is 8.42 Å². The number of halogens is 1. The van der Waals surface area contributed by atoms with E-state index in [-0.39, 0.29) is 29.7 Å². The van der Waals surface area contributed by atoms with Crippen LogP contribution in [-0.4, -0.2) is 106 Å². The summed E-state index contributed by atoms with van der Waals surface area (Å²) in [5, 5.41) is 3.52. The third-order valence-corrected chi connectivity index (χ3v) is 8.33. The fraction of sp³-hybridized carbons (Fsp3) is 0.944. The van der Waals surface area contributed by atoms with E-state index >= 15 is 0 Å². The van der Waals surface area contributed by atoms with Gasteiger partial charge < -0.3 is 15.1 Å². The minimum absolute atomic E-state index is 0. The van der Waals surface area contributed by atoms with Crippen LogP contribution < -0.4 is 5.32 Å². The number of aliphatic imine (C=N–C) groups is 1. The molecule has 1 atom stereocenters. The molecule has 1 N–H and O–H groups in total. The van der Waals surface area contributed by atoms with E-state index < -0.39 is 14.6 Å². The minimum atomic E-state index is -3.04. The van der Waals surface area contributed by atoms with E-state index in [1.54, 1.807) is 7.05 Å². The Morgan fingerprint density at radius 2 is 1.74 bits per heavy atom. The molecule has 2 aliphatic heterocycles. The number of hydrogen-bond donors (Lipinski definition) is 1. The molecule has 2 fully saturated rings. The number of likely N-dealkylation sites (N-methyl/N-ethyl adjacent to an activating group) is 1. The average molecular weight is 516 g/mol. The second kappa shape index (κ2) is 10.1. The van der Waals surface area contributed by atoms with Gasteiger partial charge >= 0.3 is 0 Å². The van der Waals surface area contributed by atoms with Crippen molar-refractivity contribution in [2.45, 2.75) is 38.5 Å². The number of nitrogens with one attached hydrogen (secondary N) is 1. The highest BCUT2D eigenvalue weighted by atomic mass is 127. The standard InChI is InChI=1S/C18H37N5O2S.HI/c1-15(2)16(22-9-7-21(6)8-10-22)13-20-17(19-5)23-11-12-26(24,25)18(3,4)14-23;/h15-16H,7-14H2,1-6H3,(H,19,20);1H. The molecule has 9 heteroatoms. The zero-order valence-corrected chi connectivity index (χ0v) is 20.9. The van der Waals surface area contributed by atoms with Crippen molar-refractivity contribution in [2.24, 2.45) is 10.9 Å². The maximum atomic E-state index is 12.3. The van der Waals surface area contributed by atoms with Gasteiger partial charge in [-0.2, -0.15) is 0 Å². The van der Waals surface area contributed by atoms with Crippen molar-refractivity contribution in [3.63, 3.8) is 0 Å². The maximum Gasteiger partial charge on any atom is 0.193 e. The summed E-state index contributed by atoms with van der Waals surface area (Å²) in [5.41, 5.74) is 0. The molecule has 0 spiro atoms. The van der Waals surface area contributed by atoms with Crippen LogP contribution in [0.25, 0.3) is 0 Å². The van der Waals surface area contributed by atoms with Crippen LogP contribution in [-0.2, 0) is 9.84 Å². The zero-order valence-electron chi connectivity index (χ0n) is 17.7. The number of nitrogens with zero attached hydrogens (tertiary/aromatic N) is 4. The molecule has 0 radical (unpaired) electrons. The molecule has 0 aromatic carbocycles. The summed E-state index contributed by atoms with van der Waals surface area (Å²) in [6, 6.07) is 0.446. The Morgan fingerprint density at radius 3 is 2.22 bits per heavy atom. The third-order valence-electron chi connectivity index (χ3n) is 5.80. The summed E-state index contributed by atoms with van der Waals surface area (Å²) in [4.78, 5) is 11.4. The number of piperazine rings is 1. The predicted octanol–water partition coefficient (Wildman–Crippen LogP) is 0.961. The Bertz CT molecular complexity index is 601. The summed E-state index contributed by atoms with van der Waals surface area (Å²) in [6.07, 6.45) is 0. The molecular weight excluding hydrogens is 477 g/mol. The Hall–Kier alpha value is -0.130.